The van der Waals surface area contributed by atoms with E-state index in [9.17, 15) is 14.7 Å². The Hall–Kier alpha value is -3.41. The smallest absolute Gasteiger partial charge is 0.326 e. The highest BCUT2D eigenvalue weighted by molar-refractivity contribution is 5.95. The molecule has 0 saturated carbocycles. The number of allylic oxidation sites excluding steroid dienone is 2. The van der Waals surface area contributed by atoms with Crippen molar-refractivity contribution in [2.45, 2.75) is 91.0 Å². The van der Waals surface area contributed by atoms with Gasteiger partial charge in [-0.2, -0.15) is 0 Å². The van der Waals surface area contributed by atoms with Gasteiger partial charge < -0.3 is 14.7 Å². The number of aliphatic carboxylic acids is 1. The predicted molar refractivity (Wildman–Crippen MR) is 155 cm³/mol. The Morgan fingerprint density at radius 1 is 1.18 bits per heavy atom. The molecule has 6 heteroatoms. The molecule has 39 heavy (non-hydrogen) atoms. The number of ether oxygens (including phenoxy) is 1. The molecule has 1 N–H and O–H groups in total. The second-order valence-electron chi connectivity index (χ2n) is 12.0. The van der Waals surface area contributed by atoms with E-state index in [-0.39, 0.29) is 11.3 Å². The molecule has 0 radical (unpaired) electrons. The fourth-order valence-corrected chi connectivity index (χ4v) is 5.36. The molecule has 0 bridgehead atoms. The molecule has 0 spiro atoms. The Morgan fingerprint density at radius 2 is 1.92 bits per heavy atom. The summed E-state index contributed by atoms with van der Waals surface area (Å²) in [4.78, 5) is 31.6. The molecule has 6 nitrogen and oxygen atoms in total. The lowest BCUT2D eigenvalue weighted by atomic mass is 9.87. The van der Waals surface area contributed by atoms with E-state index < -0.39 is 12.0 Å². The fraction of sp³-hybridized carbons (Fsp3) is 0.485. The summed E-state index contributed by atoms with van der Waals surface area (Å²) in [6.07, 6.45) is 12.1. The Bertz CT molecular complexity index is 1350. The summed E-state index contributed by atoms with van der Waals surface area (Å²) < 4.78 is 6.30. The van der Waals surface area contributed by atoms with Gasteiger partial charge in [-0.15, -0.1) is 0 Å². The Kier molecular flexibility index (Phi) is 8.94. The lowest BCUT2D eigenvalue weighted by Crippen LogP contribution is -2.42. The maximum absolute atomic E-state index is 13.5. The number of amides is 1. The molecule has 1 fully saturated rings. The van der Waals surface area contributed by atoms with Crippen LogP contribution in [0.4, 0.5) is 0 Å². The van der Waals surface area contributed by atoms with Gasteiger partial charge in [-0.3, -0.25) is 4.79 Å². The van der Waals surface area contributed by atoms with E-state index in [1.165, 1.54) is 10.5 Å². The molecule has 1 saturated heterocycles. The number of hydrogen-bond acceptors (Lipinski definition) is 4. The second kappa shape index (κ2) is 12.2. The number of aromatic nitrogens is 1. The molecule has 2 aromatic rings. The van der Waals surface area contributed by atoms with Crippen LogP contribution in [0.15, 0.2) is 42.2 Å². The maximum Gasteiger partial charge on any atom is 0.326 e. The Morgan fingerprint density at radius 3 is 2.59 bits per heavy atom. The minimum atomic E-state index is -0.953. The molecule has 4 rings (SSSR count). The van der Waals surface area contributed by atoms with E-state index in [2.05, 4.69) is 52.8 Å². The summed E-state index contributed by atoms with van der Waals surface area (Å²) in [6.45, 7) is 11.4. The van der Waals surface area contributed by atoms with Crippen molar-refractivity contribution in [3.8, 4) is 5.75 Å². The minimum Gasteiger partial charge on any atom is -0.480 e. The summed E-state index contributed by atoms with van der Waals surface area (Å²) in [5, 5.41) is 11.5. The van der Waals surface area contributed by atoms with Crippen molar-refractivity contribution in [2.24, 2.45) is 5.92 Å². The van der Waals surface area contributed by atoms with Crippen molar-refractivity contribution >= 4 is 24.0 Å². The number of nitrogens with zero attached hydrogens (tertiary/aromatic N) is 2. The largest absolute Gasteiger partial charge is 0.480 e. The summed E-state index contributed by atoms with van der Waals surface area (Å²) >= 11 is 0. The zero-order valence-electron chi connectivity index (χ0n) is 24.0. The molecule has 1 aliphatic heterocycles. The lowest BCUT2D eigenvalue weighted by Gasteiger charge is -2.21. The standard InChI is InChI=1S/C33H42N2O4/c1-6-7-10-22(2)19-28-27-21-26(39-25-16-14-24(15-17-25)33(3,4)5)12-8-11-23(27)20-29(34-28)31(36)35-18-9-13-30(35)32(37)38/h11-12,14-17,20-22,30H,6-10,13,18-19H2,1-5H3,(H,37,38). The highest BCUT2D eigenvalue weighted by Crippen LogP contribution is 2.25. The van der Waals surface area contributed by atoms with E-state index in [1.807, 2.05) is 30.4 Å². The summed E-state index contributed by atoms with van der Waals surface area (Å²) in [6, 6.07) is 9.26. The van der Waals surface area contributed by atoms with E-state index in [4.69, 9.17) is 9.72 Å². The van der Waals surface area contributed by atoms with Crippen LogP contribution in [0.25, 0.3) is 12.2 Å². The third-order valence-corrected chi connectivity index (χ3v) is 7.68. The summed E-state index contributed by atoms with van der Waals surface area (Å²) in [5.74, 6) is 0.680. The van der Waals surface area contributed by atoms with E-state index >= 15 is 0 Å². The molecule has 1 amide bonds. The van der Waals surface area contributed by atoms with Gasteiger partial charge in [0.1, 0.15) is 23.2 Å². The number of hydrogen-bond donors (Lipinski definition) is 1. The number of carbonyl (C=O) groups is 2. The monoisotopic (exact) mass is 530 g/mol. The first-order valence-electron chi connectivity index (χ1n) is 14.3. The highest BCUT2D eigenvalue weighted by atomic mass is 16.5. The van der Waals surface area contributed by atoms with Gasteiger partial charge in [-0.1, -0.05) is 72.1 Å². The molecule has 1 aliphatic carbocycles. The molecule has 208 valence electrons. The first-order valence-corrected chi connectivity index (χ1v) is 14.3. The third-order valence-electron chi connectivity index (χ3n) is 7.68. The van der Waals surface area contributed by atoms with Gasteiger partial charge in [-0.25, -0.2) is 9.78 Å². The van der Waals surface area contributed by atoms with Crippen LogP contribution in [0, 0.1) is 5.92 Å². The van der Waals surface area contributed by atoms with Gasteiger partial charge in [0.25, 0.3) is 5.91 Å². The van der Waals surface area contributed by atoms with Gasteiger partial charge in [0.2, 0.25) is 0 Å². The van der Waals surface area contributed by atoms with Crippen molar-refractivity contribution < 1.29 is 19.4 Å². The third kappa shape index (κ3) is 6.97. The van der Waals surface area contributed by atoms with Crippen LogP contribution in [0.5, 0.6) is 5.75 Å². The van der Waals surface area contributed by atoms with Gasteiger partial charge in [0.05, 0.1) is 0 Å². The lowest BCUT2D eigenvalue weighted by molar-refractivity contribution is -0.141. The van der Waals surface area contributed by atoms with E-state index in [0.29, 0.717) is 37.4 Å². The first-order chi connectivity index (χ1) is 18.6. The van der Waals surface area contributed by atoms with Crippen LogP contribution in [0.1, 0.15) is 94.9 Å². The highest BCUT2D eigenvalue weighted by Gasteiger charge is 2.35. The van der Waals surface area contributed by atoms with Crippen LogP contribution >= 0.6 is 0 Å². The quantitative estimate of drug-likeness (QED) is 0.472. The Labute approximate surface area is 232 Å². The molecule has 2 heterocycles. The molecule has 2 unspecified atom stereocenters. The minimum absolute atomic E-state index is 0.0733. The molecular formula is C33H42N2O4. The number of benzene rings is 1. The van der Waals surface area contributed by atoms with Crippen molar-refractivity contribution in [1.29, 1.82) is 0 Å². The number of carboxylic acid groups (broad SMARTS) is 1. The zero-order chi connectivity index (χ0) is 28.2. The average Bonchev–Trinajstić information content (AvgIpc) is 3.29. The van der Waals surface area contributed by atoms with Crippen molar-refractivity contribution in [3.05, 3.63) is 69.6 Å². The van der Waals surface area contributed by atoms with Crippen LogP contribution in [0.3, 0.4) is 0 Å². The van der Waals surface area contributed by atoms with Crippen molar-refractivity contribution in [2.75, 3.05) is 6.54 Å². The molecule has 2 atom stereocenters. The maximum atomic E-state index is 13.5. The Balaban J connectivity index is 1.70. The van der Waals surface area contributed by atoms with E-state index in [1.54, 1.807) is 0 Å². The first kappa shape index (κ1) is 28.6. The van der Waals surface area contributed by atoms with Crippen molar-refractivity contribution in [3.63, 3.8) is 0 Å². The molecule has 1 aromatic carbocycles. The summed E-state index contributed by atoms with van der Waals surface area (Å²) in [5.41, 5.74) is 2.51. The van der Waals surface area contributed by atoms with Gasteiger partial charge in [0.15, 0.2) is 0 Å². The molecule has 2 aliphatic rings. The topological polar surface area (TPSA) is 79.7 Å². The number of carboxylic acids is 1. The van der Waals surface area contributed by atoms with E-state index in [0.717, 1.165) is 53.3 Å². The number of unbranched alkanes of at least 4 members (excludes halogenated alkanes) is 1. The van der Waals surface area contributed by atoms with Crippen LogP contribution in [0.2, 0.25) is 0 Å². The molecular weight excluding hydrogens is 488 g/mol. The van der Waals surface area contributed by atoms with Crippen LogP contribution < -0.4 is 15.2 Å². The van der Waals surface area contributed by atoms with Gasteiger partial charge >= 0.3 is 5.97 Å². The number of rotatable bonds is 9. The predicted octanol–water partition coefficient (Wildman–Crippen LogP) is 5.36. The van der Waals surface area contributed by atoms with Crippen LogP contribution in [-0.4, -0.2) is 39.5 Å². The fourth-order valence-electron chi connectivity index (χ4n) is 5.36. The number of likely N-dealkylation sites (tertiary alicyclic amines) is 1. The number of pyridine rings is 1. The second-order valence-corrected chi connectivity index (χ2v) is 12.0. The summed E-state index contributed by atoms with van der Waals surface area (Å²) in [7, 11) is 0. The SMILES string of the molecule is CCCCC(C)Cc1nc(C(=O)N2CCCC2C(=O)O)cc2c1=CC(Oc1ccc(C(C)(C)C)cc1)=CCC=2. The molecule has 1 aromatic heterocycles. The number of carbonyl (C=O) groups excluding carboxylic acids is 1. The van der Waals surface area contributed by atoms with Crippen LogP contribution in [-0.2, 0) is 16.6 Å². The van der Waals surface area contributed by atoms with Gasteiger partial charge in [-0.05, 0) is 78.1 Å². The average molecular weight is 531 g/mol. The van der Waals surface area contributed by atoms with Gasteiger partial charge in [0, 0.05) is 17.5 Å². The number of fused-ring (bicyclic) bond motifs is 1. The normalized spacial score (nSPS) is 17.8. The zero-order valence-corrected chi connectivity index (χ0v) is 24.0. The van der Waals surface area contributed by atoms with Crippen molar-refractivity contribution in [1.82, 2.24) is 9.88 Å².